The van der Waals surface area contributed by atoms with Crippen molar-refractivity contribution in [3.8, 4) is 0 Å². The molecular weight excluding hydrogens is 384 g/mol. The molecule has 0 saturated heterocycles. The van der Waals surface area contributed by atoms with Gasteiger partial charge >= 0.3 is 0 Å². The molecule has 2 N–H and O–H groups in total. The number of nitrogens with zero attached hydrogens (tertiary/aromatic N) is 2. The lowest BCUT2D eigenvalue weighted by Crippen LogP contribution is -2.35. The van der Waals surface area contributed by atoms with Crippen LogP contribution in [-0.4, -0.2) is 42.3 Å². The van der Waals surface area contributed by atoms with E-state index in [2.05, 4.69) is 26.6 Å². The second kappa shape index (κ2) is 8.94. The van der Waals surface area contributed by atoms with E-state index in [0.717, 1.165) is 0 Å². The van der Waals surface area contributed by atoms with Crippen LogP contribution in [0.5, 0.6) is 0 Å². The number of amides is 2. The molecule has 3 rings (SSSR count). The van der Waals surface area contributed by atoms with Crippen LogP contribution in [0.15, 0.2) is 45.7 Å². The van der Waals surface area contributed by atoms with Crippen LogP contribution in [0.2, 0.25) is 0 Å². The Morgan fingerprint density at radius 3 is 2.78 bits per heavy atom. The van der Waals surface area contributed by atoms with Crippen LogP contribution in [-0.2, 0) is 11.2 Å². The summed E-state index contributed by atoms with van der Waals surface area (Å²) in [6, 6.07) is 7.42. The molecule has 3 heterocycles. The van der Waals surface area contributed by atoms with Crippen molar-refractivity contribution in [2.75, 3.05) is 26.0 Å². The van der Waals surface area contributed by atoms with E-state index < -0.39 is 0 Å². The molecule has 142 valence electrons. The number of aromatic nitrogens is 1. The van der Waals surface area contributed by atoms with Gasteiger partial charge in [-0.3, -0.25) is 14.9 Å². The predicted octanol–water partition coefficient (Wildman–Crippen LogP) is 3.01. The smallest absolute Gasteiger partial charge is 0.293 e. The van der Waals surface area contributed by atoms with Crippen molar-refractivity contribution in [2.45, 2.75) is 12.5 Å². The Balaban J connectivity index is 1.51. The fraction of sp³-hybridized carbons (Fsp3) is 0.278. The third-order valence-corrected chi connectivity index (χ3v) is 5.63. The van der Waals surface area contributed by atoms with Crippen LogP contribution >= 0.6 is 22.7 Å². The van der Waals surface area contributed by atoms with E-state index in [9.17, 15) is 9.59 Å². The molecule has 7 nitrogen and oxygen atoms in total. The maximum Gasteiger partial charge on any atom is 0.293 e. The van der Waals surface area contributed by atoms with E-state index in [-0.39, 0.29) is 30.0 Å². The van der Waals surface area contributed by atoms with Crippen molar-refractivity contribution in [3.63, 3.8) is 0 Å². The van der Waals surface area contributed by atoms with Gasteiger partial charge in [0.2, 0.25) is 5.91 Å². The normalized spacial score (nSPS) is 12.1. The maximum absolute atomic E-state index is 12.3. The van der Waals surface area contributed by atoms with Crippen LogP contribution < -0.4 is 10.6 Å². The number of carbonyl (C=O) groups is 2. The third kappa shape index (κ3) is 5.25. The minimum Gasteiger partial charge on any atom is -0.459 e. The average molecular weight is 405 g/mol. The van der Waals surface area contributed by atoms with Crippen LogP contribution in [0.3, 0.4) is 0 Å². The van der Waals surface area contributed by atoms with Gasteiger partial charge in [-0.2, -0.15) is 0 Å². The summed E-state index contributed by atoms with van der Waals surface area (Å²) < 4.78 is 5.04. The molecule has 1 atom stereocenters. The Morgan fingerprint density at radius 2 is 2.11 bits per heavy atom. The SMILES string of the molecule is CN(C)C(CNC(=O)Cc1csc(NC(=O)c2ccco2)n1)c1cccs1. The summed E-state index contributed by atoms with van der Waals surface area (Å²) in [7, 11) is 3.98. The highest BCUT2D eigenvalue weighted by molar-refractivity contribution is 7.14. The molecule has 0 saturated carbocycles. The van der Waals surface area contributed by atoms with Gasteiger partial charge in [0.1, 0.15) is 0 Å². The number of thiophene rings is 1. The summed E-state index contributed by atoms with van der Waals surface area (Å²) >= 11 is 2.94. The fourth-order valence-corrected chi connectivity index (χ4v) is 4.10. The standard InChI is InChI=1S/C18H20N4O3S2/c1-22(2)13(15-6-4-8-26-15)10-19-16(23)9-12-11-27-18(20-12)21-17(24)14-5-3-7-25-14/h3-8,11,13H,9-10H2,1-2H3,(H,19,23)(H,20,21,24). The molecule has 0 radical (unpaired) electrons. The molecule has 3 aromatic heterocycles. The summed E-state index contributed by atoms with van der Waals surface area (Å²) in [5.74, 6) is -0.254. The Morgan fingerprint density at radius 1 is 1.26 bits per heavy atom. The van der Waals surface area contributed by atoms with E-state index in [1.807, 2.05) is 25.5 Å². The number of carbonyl (C=O) groups excluding carboxylic acids is 2. The topological polar surface area (TPSA) is 87.5 Å². The highest BCUT2D eigenvalue weighted by Gasteiger charge is 2.17. The van der Waals surface area contributed by atoms with Gasteiger partial charge in [-0.1, -0.05) is 6.07 Å². The summed E-state index contributed by atoms with van der Waals surface area (Å²) in [6.45, 7) is 0.526. The molecule has 9 heteroatoms. The minimum absolute atomic E-state index is 0.104. The first-order valence-corrected chi connectivity index (χ1v) is 10.0. The maximum atomic E-state index is 12.3. The van der Waals surface area contributed by atoms with Crippen LogP contribution in [0.4, 0.5) is 5.13 Å². The van der Waals surface area contributed by atoms with E-state index in [1.165, 1.54) is 22.5 Å². The van der Waals surface area contributed by atoms with Gasteiger partial charge in [0.05, 0.1) is 24.4 Å². The second-order valence-corrected chi connectivity index (χ2v) is 7.89. The highest BCUT2D eigenvalue weighted by atomic mass is 32.1. The Hall–Kier alpha value is -2.49. The van der Waals surface area contributed by atoms with Crippen LogP contribution in [0.1, 0.15) is 27.2 Å². The van der Waals surface area contributed by atoms with Gasteiger partial charge in [-0.25, -0.2) is 4.98 Å². The van der Waals surface area contributed by atoms with Gasteiger partial charge in [-0.05, 0) is 37.7 Å². The van der Waals surface area contributed by atoms with Crippen molar-refractivity contribution in [2.24, 2.45) is 0 Å². The van der Waals surface area contributed by atoms with Crippen molar-refractivity contribution in [3.05, 3.63) is 57.6 Å². The van der Waals surface area contributed by atoms with E-state index in [0.29, 0.717) is 17.4 Å². The Labute approximate surface area is 165 Å². The van der Waals surface area contributed by atoms with Crippen molar-refractivity contribution < 1.29 is 14.0 Å². The Bertz CT molecular complexity index is 872. The number of likely N-dealkylation sites (N-methyl/N-ethyl adjacent to an activating group) is 1. The van der Waals surface area contributed by atoms with Crippen LogP contribution in [0.25, 0.3) is 0 Å². The summed E-state index contributed by atoms with van der Waals surface area (Å²) in [5.41, 5.74) is 0.616. The predicted molar refractivity (Wildman–Crippen MR) is 106 cm³/mol. The zero-order valence-electron chi connectivity index (χ0n) is 15.0. The van der Waals surface area contributed by atoms with Crippen molar-refractivity contribution in [1.82, 2.24) is 15.2 Å². The van der Waals surface area contributed by atoms with E-state index >= 15 is 0 Å². The number of anilines is 1. The Kier molecular flexibility index (Phi) is 6.38. The first-order valence-electron chi connectivity index (χ1n) is 8.28. The van der Waals surface area contributed by atoms with Gasteiger partial charge in [0, 0.05) is 16.8 Å². The summed E-state index contributed by atoms with van der Waals surface area (Å²) in [5, 5.41) is 9.85. The first kappa shape index (κ1) is 19.3. The van der Waals surface area contributed by atoms with Crippen molar-refractivity contribution >= 4 is 39.6 Å². The average Bonchev–Trinajstić information content (AvgIpc) is 3.38. The first-order chi connectivity index (χ1) is 13.0. The molecule has 0 aliphatic rings. The van der Waals surface area contributed by atoms with Gasteiger partial charge in [-0.15, -0.1) is 22.7 Å². The molecule has 0 aliphatic carbocycles. The quantitative estimate of drug-likeness (QED) is 0.603. The third-order valence-electron chi connectivity index (χ3n) is 3.85. The second-order valence-electron chi connectivity index (χ2n) is 6.05. The molecule has 0 fully saturated rings. The number of hydrogen-bond acceptors (Lipinski definition) is 7. The molecule has 1 unspecified atom stereocenters. The molecule has 0 bridgehead atoms. The summed E-state index contributed by atoms with van der Waals surface area (Å²) in [4.78, 5) is 31.8. The van der Waals surface area contributed by atoms with E-state index in [4.69, 9.17) is 4.42 Å². The molecule has 2 amide bonds. The lowest BCUT2D eigenvalue weighted by molar-refractivity contribution is -0.120. The summed E-state index contributed by atoms with van der Waals surface area (Å²) in [6.07, 6.45) is 1.60. The molecule has 0 spiro atoms. The number of nitrogens with one attached hydrogen (secondary N) is 2. The van der Waals surface area contributed by atoms with Crippen LogP contribution in [0, 0.1) is 0 Å². The molecule has 0 aliphatic heterocycles. The molecule has 0 aromatic carbocycles. The number of furan rings is 1. The number of rotatable bonds is 8. The van der Waals surface area contributed by atoms with Gasteiger partial charge in [0.15, 0.2) is 10.9 Å². The lowest BCUT2D eigenvalue weighted by atomic mass is 10.2. The molecular formula is C18H20N4O3S2. The molecule has 27 heavy (non-hydrogen) atoms. The van der Waals surface area contributed by atoms with Gasteiger partial charge < -0.3 is 14.6 Å². The molecule has 3 aromatic rings. The van der Waals surface area contributed by atoms with Crippen molar-refractivity contribution in [1.29, 1.82) is 0 Å². The fourth-order valence-electron chi connectivity index (χ4n) is 2.47. The van der Waals surface area contributed by atoms with Gasteiger partial charge in [0.25, 0.3) is 5.91 Å². The largest absolute Gasteiger partial charge is 0.459 e. The van der Waals surface area contributed by atoms with E-state index in [1.54, 1.807) is 28.8 Å². The zero-order chi connectivity index (χ0) is 19.2. The minimum atomic E-state index is -0.366. The number of hydrogen-bond donors (Lipinski definition) is 2. The lowest BCUT2D eigenvalue weighted by Gasteiger charge is -2.23. The highest BCUT2D eigenvalue weighted by Crippen LogP contribution is 2.22. The monoisotopic (exact) mass is 404 g/mol. The number of thiazole rings is 1. The zero-order valence-corrected chi connectivity index (χ0v) is 16.6.